The summed E-state index contributed by atoms with van der Waals surface area (Å²) in [5.41, 5.74) is 1.86. The number of carbonyl (C=O) groups excluding carboxylic acids is 2. The monoisotopic (exact) mass is 235 g/mol. The Labute approximate surface area is 97.6 Å². The Morgan fingerprint density at radius 1 is 1.31 bits per heavy atom. The Balaban J connectivity index is 2.88. The van der Waals surface area contributed by atoms with Crippen LogP contribution in [0.2, 0.25) is 5.15 Å². The standard InChI is InChI=1S/C12H10ClNO2/c1-2-14-11-4-3-8(6-15)5-9(11)10(7-16)12(14)13/h3-7H,2H2,1H3. The van der Waals surface area contributed by atoms with Crippen molar-refractivity contribution in [2.24, 2.45) is 0 Å². The number of halogens is 1. The predicted molar refractivity (Wildman–Crippen MR) is 63.4 cm³/mol. The molecule has 1 heterocycles. The Kier molecular flexibility index (Phi) is 2.79. The van der Waals surface area contributed by atoms with Crippen molar-refractivity contribution in [1.29, 1.82) is 0 Å². The molecule has 0 aliphatic heterocycles. The highest BCUT2D eigenvalue weighted by Gasteiger charge is 2.14. The third kappa shape index (κ3) is 1.44. The third-order valence-electron chi connectivity index (χ3n) is 2.63. The van der Waals surface area contributed by atoms with E-state index in [1.807, 2.05) is 11.5 Å². The maximum absolute atomic E-state index is 11.0. The van der Waals surface area contributed by atoms with E-state index in [9.17, 15) is 9.59 Å². The summed E-state index contributed by atoms with van der Waals surface area (Å²) in [4.78, 5) is 21.7. The van der Waals surface area contributed by atoms with Crippen LogP contribution in [-0.4, -0.2) is 17.1 Å². The summed E-state index contributed by atoms with van der Waals surface area (Å²) >= 11 is 6.09. The van der Waals surface area contributed by atoms with Gasteiger partial charge in [0.1, 0.15) is 11.4 Å². The molecule has 2 rings (SSSR count). The number of rotatable bonds is 3. The van der Waals surface area contributed by atoms with E-state index in [1.54, 1.807) is 18.2 Å². The molecular formula is C12H10ClNO2. The smallest absolute Gasteiger partial charge is 0.153 e. The molecule has 0 radical (unpaired) electrons. The zero-order chi connectivity index (χ0) is 11.7. The Morgan fingerprint density at radius 2 is 2.06 bits per heavy atom. The lowest BCUT2D eigenvalue weighted by atomic mass is 10.1. The van der Waals surface area contributed by atoms with Crippen molar-refractivity contribution in [2.45, 2.75) is 13.5 Å². The molecule has 0 aliphatic carbocycles. The molecule has 0 unspecified atom stereocenters. The highest BCUT2D eigenvalue weighted by atomic mass is 35.5. The second kappa shape index (κ2) is 4.10. The van der Waals surface area contributed by atoms with E-state index in [1.165, 1.54) is 0 Å². The Morgan fingerprint density at radius 3 is 2.62 bits per heavy atom. The van der Waals surface area contributed by atoms with Crippen molar-refractivity contribution in [3.63, 3.8) is 0 Å². The van der Waals surface area contributed by atoms with Crippen molar-refractivity contribution >= 4 is 35.1 Å². The number of aldehydes is 2. The van der Waals surface area contributed by atoms with Crippen LogP contribution in [-0.2, 0) is 6.54 Å². The van der Waals surface area contributed by atoms with Crippen molar-refractivity contribution in [3.05, 3.63) is 34.5 Å². The number of carbonyl (C=O) groups is 2. The third-order valence-corrected chi connectivity index (χ3v) is 3.04. The summed E-state index contributed by atoms with van der Waals surface area (Å²) < 4.78 is 1.84. The topological polar surface area (TPSA) is 39.1 Å². The van der Waals surface area contributed by atoms with Crippen LogP contribution < -0.4 is 0 Å². The fraction of sp³-hybridized carbons (Fsp3) is 0.167. The van der Waals surface area contributed by atoms with Crippen LogP contribution in [0.25, 0.3) is 10.9 Å². The summed E-state index contributed by atoms with van der Waals surface area (Å²) in [6.45, 7) is 2.64. The van der Waals surface area contributed by atoms with Gasteiger partial charge in [0, 0.05) is 23.0 Å². The van der Waals surface area contributed by atoms with E-state index >= 15 is 0 Å². The molecule has 0 fully saturated rings. The zero-order valence-corrected chi connectivity index (χ0v) is 9.49. The largest absolute Gasteiger partial charge is 0.331 e. The summed E-state index contributed by atoms with van der Waals surface area (Å²) in [6, 6.07) is 5.21. The first-order chi connectivity index (χ1) is 7.72. The van der Waals surface area contributed by atoms with Gasteiger partial charge in [0.25, 0.3) is 0 Å². The van der Waals surface area contributed by atoms with E-state index in [-0.39, 0.29) is 0 Å². The number of aryl methyl sites for hydroxylation is 1. The van der Waals surface area contributed by atoms with Gasteiger partial charge in [0.2, 0.25) is 0 Å². The van der Waals surface area contributed by atoms with E-state index in [0.29, 0.717) is 22.8 Å². The highest BCUT2D eigenvalue weighted by molar-refractivity contribution is 6.34. The highest BCUT2D eigenvalue weighted by Crippen LogP contribution is 2.29. The molecule has 0 saturated heterocycles. The van der Waals surface area contributed by atoms with Gasteiger partial charge < -0.3 is 4.57 Å². The molecule has 0 aliphatic rings. The van der Waals surface area contributed by atoms with Crippen LogP contribution in [0.3, 0.4) is 0 Å². The Hall–Kier alpha value is -1.61. The molecule has 82 valence electrons. The van der Waals surface area contributed by atoms with E-state index in [4.69, 9.17) is 11.6 Å². The van der Waals surface area contributed by atoms with Crippen molar-refractivity contribution in [2.75, 3.05) is 0 Å². The predicted octanol–water partition coefficient (Wildman–Crippen LogP) is 2.94. The van der Waals surface area contributed by atoms with Gasteiger partial charge in [-0.05, 0) is 25.1 Å². The minimum Gasteiger partial charge on any atom is -0.331 e. The van der Waals surface area contributed by atoms with Crippen LogP contribution in [0.5, 0.6) is 0 Å². The average molecular weight is 236 g/mol. The maximum atomic E-state index is 11.0. The van der Waals surface area contributed by atoms with Gasteiger partial charge in [-0.3, -0.25) is 9.59 Å². The lowest BCUT2D eigenvalue weighted by Gasteiger charge is -2.01. The molecule has 0 atom stereocenters. The van der Waals surface area contributed by atoms with Gasteiger partial charge in [-0.15, -0.1) is 0 Å². The molecule has 0 saturated carbocycles. The number of nitrogens with zero attached hydrogens (tertiary/aromatic N) is 1. The van der Waals surface area contributed by atoms with E-state index in [0.717, 1.165) is 23.5 Å². The molecule has 2 aromatic rings. The van der Waals surface area contributed by atoms with Gasteiger partial charge in [0.15, 0.2) is 6.29 Å². The summed E-state index contributed by atoms with van der Waals surface area (Å²) in [6.07, 6.45) is 1.48. The fourth-order valence-corrected chi connectivity index (χ4v) is 2.22. The van der Waals surface area contributed by atoms with Crippen LogP contribution in [0.1, 0.15) is 27.6 Å². The molecule has 16 heavy (non-hydrogen) atoms. The summed E-state index contributed by atoms with van der Waals surface area (Å²) in [7, 11) is 0. The minimum absolute atomic E-state index is 0.426. The van der Waals surface area contributed by atoms with Crippen LogP contribution in [0.4, 0.5) is 0 Å². The number of hydrogen-bond acceptors (Lipinski definition) is 2. The first kappa shape index (κ1) is 10.9. The van der Waals surface area contributed by atoms with Gasteiger partial charge >= 0.3 is 0 Å². The summed E-state index contributed by atoms with van der Waals surface area (Å²) in [5.74, 6) is 0. The van der Waals surface area contributed by atoms with E-state index in [2.05, 4.69) is 0 Å². The van der Waals surface area contributed by atoms with Crippen molar-refractivity contribution in [3.8, 4) is 0 Å². The van der Waals surface area contributed by atoms with Crippen LogP contribution in [0.15, 0.2) is 18.2 Å². The quantitative estimate of drug-likeness (QED) is 0.768. The minimum atomic E-state index is 0.426. The van der Waals surface area contributed by atoms with E-state index < -0.39 is 0 Å². The average Bonchev–Trinajstić information content (AvgIpc) is 2.59. The van der Waals surface area contributed by atoms with Gasteiger partial charge in [0.05, 0.1) is 5.56 Å². The van der Waals surface area contributed by atoms with Crippen LogP contribution >= 0.6 is 11.6 Å². The number of fused-ring (bicyclic) bond motifs is 1. The first-order valence-electron chi connectivity index (χ1n) is 4.95. The first-order valence-corrected chi connectivity index (χ1v) is 5.32. The lowest BCUT2D eigenvalue weighted by Crippen LogP contribution is -1.93. The molecule has 0 spiro atoms. The number of benzene rings is 1. The normalized spacial score (nSPS) is 10.6. The maximum Gasteiger partial charge on any atom is 0.153 e. The Bertz CT molecular complexity index is 572. The van der Waals surface area contributed by atoms with Crippen molar-refractivity contribution in [1.82, 2.24) is 4.57 Å². The molecule has 0 N–H and O–H groups in total. The molecule has 0 bridgehead atoms. The van der Waals surface area contributed by atoms with Gasteiger partial charge in [-0.2, -0.15) is 0 Å². The molecular weight excluding hydrogens is 226 g/mol. The zero-order valence-electron chi connectivity index (χ0n) is 8.74. The summed E-state index contributed by atoms with van der Waals surface area (Å²) in [5, 5.41) is 1.15. The van der Waals surface area contributed by atoms with Crippen LogP contribution in [0, 0.1) is 0 Å². The second-order valence-electron chi connectivity index (χ2n) is 3.46. The lowest BCUT2D eigenvalue weighted by molar-refractivity contribution is 0.111. The number of aromatic nitrogens is 1. The fourth-order valence-electron chi connectivity index (χ4n) is 1.86. The molecule has 3 nitrogen and oxygen atoms in total. The van der Waals surface area contributed by atoms with Gasteiger partial charge in [-0.1, -0.05) is 11.6 Å². The molecule has 1 aromatic heterocycles. The SMILES string of the molecule is CCn1c(Cl)c(C=O)c2cc(C=O)ccc21. The van der Waals surface area contributed by atoms with Crippen molar-refractivity contribution < 1.29 is 9.59 Å². The molecule has 4 heteroatoms. The molecule has 0 amide bonds. The second-order valence-corrected chi connectivity index (χ2v) is 3.82. The van der Waals surface area contributed by atoms with Gasteiger partial charge in [-0.25, -0.2) is 0 Å². The number of hydrogen-bond donors (Lipinski definition) is 0. The molecule has 1 aromatic carbocycles.